The van der Waals surface area contributed by atoms with Gasteiger partial charge < -0.3 is 24.3 Å². The van der Waals surface area contributed by atoms with Gasteiger partial charge in [-0.3, -0.25) is 0 Å². The summed E-state index contributed by atoms with van der Waals surface area (Å²) in [6, 6.07) is 16.3. The molecule has 7 heteroatoms. The summed E-state index contributed by atoms with van der Waals surface area (Å²) in [4.78, 5) is 19.3. The maximum Gasteiger partial charge on any atom is 0.410 e. The highest BCUT2D eigenvalue weighted by Crippen LogP contribution is 2.25. The van der Waals surface area contributed by atoms with E-state index >= 15 is 0 Å². The normalized spacial score (nSPS) is 16.4. The predicted molar refractivity (Wildman–Crippen MR) is 126 cm³/mol. The number of nitrogens with one attached hydrogen (secondary N) is 1. The summed E-state index contributed by atoms with van der Waals surface area (Å²) in [5.41, 5.74) is 2.68. The van der Waals surface area contributed by atoms with E-state index in [2.05, 4.69) is 28.1 Å². The fraction of sp³-hybridized carbons (Fsp3) is 0.440. The van der Waals surface area contributed by atoms with Gasteiger partial charge in [0.2, 0.25) is 5.95 Å². The molecule has 0 spiro atoms. The standard InChI is InChI=1S/C25H32N4O3/c1-25(2,3)32-24(30)28-15-7-8-19(28)16-26-23-27-21-9-5-6-10-22(21)29(23)17-18-11-13-20(31-4)14-12-18/h5-6,9-14,19H,7-8,15-17H2,1-4H3,(H,26,27)/t19-/m0/s1. The molecule has 0 aliphatic carbocycles. The Bertz CT molecular complexity index is 1070. The maximum absolute atomic E-state index is 12.6. The molecular weight excluding hydrogens is 404 g/mol. The van der Waals surface area contributed by atoms with E-state index in [0.29, 0.717) is 13.1 Å². The van der Waals surface area contributed by atoms with Gasteiger partial charge in [-0.2, -0.15) is 0 Å². The van der Waals surface area contributed by atoms with Crippen molar-refractivity contribution in [3.63, 3.8) is 0 Å². The Balaban J connectivity index is 1.52. The van der Waals surface area contributed by atoms with Crippen molar-refractivity contribution in [2.24, 2.45) is 0 Å². The van der Waals surface area contributed by atoms with Crippen LogP contribution in [0, 0.1) is 0 Å². The van der Waals surface area contributed by atoms with Crippen LogP contribution in [0.4, 0.5) is 10.7 Å². The summed E-state index contributed by atoms with van der Waals surface area (Å²) in [6.07, 6.45) is 1.69. The number of hydrogen-bond acceptors (Lipinski definition) is 5. The molecule has 1 fully saturated rings. The Morgan fingerprint density at radius 3 is 2.62 bits per heavy atom. The van der Waals surface area contributed by atoms with Gasteiger partial charge in [0.05, 0.1) is 30.7 Å². The lowest BCUT2D eigenvalue weighted by atomic mass is 10.2. The summed E-state index contributed by atoms with van der Waals surface area (Å²) in [5, 5.41) is 3.51. The molecule has 0 bridgehead atoms. The van der Waals surface area contributed by atoms with E-state index in [1.54, 1.807) is 7.11 Å². The number of nitrogens with zero attached hydrogens (tertiary/aromatic N) is 3. The molecule has 0 radical (unpaired) electrons. The zero-order chi connectivity index (χ0) is 22.7. The van der Waals surface area contributed by atoms with Crippen LogP contribution in [0.15, 0.2) is 48.5 Å². The third-order valence-corrected chi connectivity index (χ3v) is 5.66. The van der Waals surface area contributed by atoms with E-state index in [0.717, 1.165) is 47.7 Å². The third-order valence-electron chi connectivity index (χ3n) is 5.66. The van der Waals surface area contributed by atoms with Crippen LogP contribution >= 0.6 is 0 Å². The summed E-state index contributed by atoms with van der Waals surface area (Å²) in [5.74, 6) is 1.64. The summed E-state index contributed by atoms with van der Waals surface area (Å²) in [6.45, 7) is 7.74. The van der Waals surface area contributed by atoms with Gasteiger partial charge in [0.25, 0.3) is 0 Å². The highest BCUT2D eigenvalue weighted by molar-refractivity contribution is 5.78. The van der Waals surface area contributed by atoms with Crippen LogP contribution in [0.3, 0.4) is 0 Å². The van der Waals surface area contributed by atoms with Gasteiger partial charge in [-0.05, 0) is 63.4 Å². The van der Waals surface area contributed by atoms with Crippen molar-refractivity contribution in [3.8, 4) is 5.75 Å². The molecule has 1 atom stereocenters. The molecule has 170 valence electrons. The molecule has 1 aliphatic rings. The molecule has 1 saturated heterocycles. The summed E-state index contributed by atoms with van der Waals surface area (Å²) in [7, 11) is 1.67. The summed E-state index contributed by atoms with van der Waals surface area (Å²) < 4.78 is 13.1. The smallest absolute Gasteiger partial charge is 0.410 e. The lowest BCUT2D eigenvalue weighted by Gasteiger charge is -2.28. The Labute approximate surface area is 189 Å². The largest absolute Gasteiger partial charge is 0.497 e. The van der Waals surface area contributed by atoms with Crippen LogP contribution in [-0.4, -0.2) is 52.4 Å². The Kier molecular flexibility index (Phi) is 6.26. The first-order valence-electron chi connectivity index (χ1n) is 11.2. The molecule has 2 aromatic carbocycles. The second-order valence-corrected chi connectivity index (χ2v) is 9.21. The second-order valence-electron chi connectivity index (χ2n) is 9.21. The zero-order valence-electron chi connectivity index (χ0n) is 19.3. The number of carbonyl (C=O) groups is 1. The average molecular weight is 437 g/mol. The van der Waals surface area contributed by atoms with E-state index < -0.39 is 5.60 Å². The molecule has 4 rings (SSSR count). The van der Waals surface area contributed by atoms with Crippen molar-refractivity contribution >= 4 is 23.1 Å². The number of hydrogen-bond donors (Lipinski definition) is 1. The van der Waals surface area contributed by atoms with Crippen LogP contribution in [0.25, 0.3) is 11.0 Å². The maximum atomic E-state index is 12.6. The van der Waals surface area contributed by atoms with E-state index in [4.69, 9.17) is 14.5 Å². The highest BCUT2D eigenvalue weighted by Gasteiger charge is 2.32. The van der Waals surface area contributed by atoms with Gasteiger partial charge in [-0.1, -0.05) is 24.3 Å². The minimum Gasteiger partial charge on any atom is -0.497 e. The number of carbonyl (C=O) groups excluding carboxylic acids is 1. The topological polar surface area (TPSA) is 68.6 Å². The number of imidazole rings is 1. The number of anilines is 1. The summed E-state index contributed by atoms with van der Waals surface area (Å²) >= 11 is 0. The number of fused-ring (bicyclic) bond motifs is 1. The molecule has 1 amide bonds. The fourth-order valence-electron chi connectivity index (χ4n) is 4.10. The highest BCUT2D eigenvalue weighted by atomic mass is 16.6. The first-order valence-corrected chi connectivity index (χ1v) is 11.2. The van der Waals surface area contributed by atoms with E-state index in [9.17, 15) is 4.79 Å². The van der Waals surface area contributed by atoms with Gasteiger partial charge in [0.15, 0.2) is 0 Å². The van der Waals surface area contributed by atoms with Gasteiger partial charge in [0, 0.05) is 13.1 Å². The van der Waals surface area contributed by atoms with Gasteiger partial charge in [-0.15, -0.1) is 0 Å². The quantitative estimate of drug-likeness (QED) is 0.595. The number of rotatable bonds is 6. The van der Waals surface area contributed by atoms with E-state index in [1.807, 2.05) is 56.0 Å². The van der Waals surface area contributed by atoms with Crippen molar-refractivity contribution in [2.45, 2.75) is 51.8 Å². The van der Waals surface area contributed by atoms with Crippen molar-refractivity contribution in [1.29, 1.82) is 0 Å². The van der Waals surface area contributed by atoms with Crippen LogP contribution in [0.5, 0.6) is 5.75 Å². The van der Waals surface area contributed by atoms with Gasteiger partial charge >= 0.3 is 6.09 Å². The Morgan fingerprint density at radius 2 is 1.91 bits per heavy atom. The molecule has 32 heavy (non-hydrogen) atoms. The SMILES string of the molecule is COc1ccc(Cn2c(NC[C@@H]3CCCN3C(=O)OC(C)(C)C)nc3ccccc32)cc1. The Morgan fingerprint density at radius 1 is 1.16 bits per heavy atom. The van der Waals surface area contributed by atoms with Gasteiger partial charge in [0.1, 0.15) is 11.4 Å². The molecule has 1 aromatic heterocycles. The van der Waals surface area contributed by atoms with Crippen molar-refractivity contribution in [3.05, 3.63) is 54.1 Å². The first kappa shape index (κ1) is 22.0. The molecule has 1 aliphatic heterocycles. The number of ether oxygens (including phenoxy) is 2. The average Bonchev–Trinajstić information content (AvgIpc) is 3.36. The van der Waals surface area contributed by atoms with E-state index in [-0.39, 0.29) is 12.1 Å². The first-order chi connectivity index (χ1) is 15.3. The molecule has 3 aromatic rings. The van der Waals surface area contributed by atoms with Crippen LogP contribution in [0.1, 0.15) is 39.2 Å². The Hall–Kier alpha value is -3.22. The fourth-order valence-corrected chi connectivity index (χ4v) is 4.10. The van der Waals surface area contributed by atoms with Crippen molar-refractivity contribution in [2.75, 3.05) is 25.5 Å². The van der Waals surface area contributed by atoms with Crippen LogP contribution in [0.2, 0.25) is 0 Å². The molecule has 0 unspecified atom stereocenters. The number of para-hydroxylation sites is 2. The van der Waals surface area contributed by atoms with Gasteiger partial charge in [-0.25, -0.2) is 9.78 Å². The van der Waals surface area contributed by atoms with Crippen molar-refractivity contribution in [1.82, 2.24) is 14.5 Å². The lowest BCUT2D eigenvalue weighted by Crippen LogP contribution is -2.42. The predicted octanol–water partition coefficient (Wildman–Crippen LogP) is 4.90. The number of methoxy groups -OCH3 is 1. The van der Waals surface area contributed by atoms with Crippen LogP contribution < -0.4 is 10.1 Å². The minimum atomic E-state index is -0.496. The molecule has 0 saturated carbocycles. The lowest BCUT2D eigenvalue weighted by molar-refractivity contribution is 0.0235. The number of benzene rings is 2. The third kappa shape index (κ3) is 4.98. The monoisotopic (exact) mass is 436 g/mol. The molecule has 2 heterocycles. The number of likely N-dealkylation sites (tertiary alicyclic amines) is 1. The number of amides is 1. The molecule has 1 N–H and O–H groups in total. The zero-order valence-corrected chi connectivity index (χ0v) is 19.3. The van der Waals surface area contributed by atoms with Crippen LogP contribution in [-0.2, 0) is 11.3 Å². The van der Waals surface area contributed by atoms with E-state index in [1.165, 1.54) is 0 Å². The molecular formula is C25H32N4O3. The minimum absolute atomic E-state index is 0.0825. The molecule has 7 nitrogen and oxygen atoms in total. The number of aromatic nitrogens is 2. The second kappa shape index (κ2) is 9.10. The van der Waals surface area contributed by atoms with Crippen molar-refractivity contribution < 1.29 is 14.3 Å².